The molecule has 0 bridgehead atoms. The van der Waals surface area contributed by atoms with Crippen LogP contribution in [0.5, 0.6) is 0 Å². The molecule has 0 spiro atoms. The molecule has 2 aliphatic rings. The fraction of sp³-hybridized carbons (Fsp3) is 0.571. The molecule has 2 aliphatic carbocycles. The number of aryl methyl sites for hydroxylation is 1. The smallest absolute Gasteiger partial charge is 0.0651 e. The van der Waals surface area contributed by atoms with E-state index in [9.17, 15) is 10.2 Å². The van der Waals surface area contributed by atoms with Gasteiger partial charge in [-0.3, -0.25) is 0 Å². The van der Waals surface area contributed by atoms with Crippen LogP contribution in [0.15, 0.2) is 54.7 Å². The van der Waals surface area contributed by atoms with Crippen LogP contribution in [-0.4, -0.2) is 27.4 Å². The Hall–Kier alpha value is -1.58. The van der Waals surface area contributed by atoms with Gasteiger partial charge in [-0.25, -0.2) is 0 Å². The van der Waals surface area contributed by atoms with Crippen LogP contribution in [0, 0.1) is 35.7 Å². The number of rotatable bonds is 5. The molecule has 0 saturated heterocycles. The van der Waals surface area contributed by atoms with Crippen molar-refractivity contribution in [2.24, 2.45) is 22.7 Å². The van der Waals surface area contributed by atoms with Crippen LogP contribution < -0.4 is 0 Å². The number of aliphatic hydroxyl groups excluding tert-OH is 2. The molecular formula is C35H48IrNO2-. The minimum absolute atomic E-state index is 0. The number of hydrogen-bond acceptors (Lipinski definition) is 3. The van der Waals surface area contributed by atoms with Crippen molar-refractivity contribution in [3.8, 4) is 11.3 Å². The Morgan fingerprint density at radius 3 is 2.00 bits per heavy atom. The third-order valence-electron chi connectivity index (χ3n) is 10.6. The zero-order valence-corrected chi connectivity index (χ0v) is 26.9. The molecular weight excluding hydrogens is 659 g/mol. The molecule has 1 radical (unpaired) electrons. The molecule has 5 rings (SSSR count). The van der Waals surface area contributed by atoms with E-state index in [1.807, 2.05) is 30.5 Å². The monoisotopic (exact) mass is 707 g/mol. The van der Waals surface area contributed by atoms with Crippen LogP contribution in [-0.2, 0) is 20.1 Å². The van der Waals surface area contributed by atoms with Crippen molar-refractivity contribution in [2.45, 2.75) is 105 Å². The Kier molecular flexibility index (Phi) is 11.3. The van der Waals surface area contributed by atoms with Crippen LogP contribution in [0.25, 0.3) is 22.0 Å². The SMILES string of the molecule is CCC1(CC)CCCC2CCC(CC)(CC)C(O)C2C1O.Cc1cnc(-c2[c-]cccc2)c2ccccc12.[Ir]. The quantitative estimate of drug-likeness (QED) is 0.262. The van der Waals surface area contributed by atoms with Crippen LogP contribution in [0.2, 0.25) is 0 Å². The van der Waals surface area contributed by atoms with Crippen molar-refractivity contribution in [2.75, 3.05) is 0 Å². The van der Waals surface area contributed by atoms with E-state index >= 15 is 0 Å². The molecule has 1 heterocycles. The Bertz CT molecular complexity index is 1170. The number of fused-ring (bicyclic) bond motifs is 2. The van der Waals surface area contributed by atoms with Crippen molar-refractivity contribution >= 4 is 10.8 Å². The Balaban J connectivity index is 0.000000214. The van der Waals surface area contributed by atoms with Gasteiger partial charge in [-0.05, 0) is 97.1 Å². The minimum Gasteiger partial charge on any atom is -0.392 e. The van der Waals surface area contributed by atoms with Crippen LogP contribution in [0.1, 0.15) is 91.0 Å². The van der Waals surface area contributed by atoms with E-state index in [1.54, 1.807) is 0 Å². The predicted molar refractivity (Wildman–Crippen MR) is 159 cm³/mol. The Morgan fingerprint density at radius 2 is 1.41 bits per heavy atom. The van der Waals surface area contributed by atoms with E-state index in [4.69, 9.17) is 0 Å². The second kappa shape index (κ2) is 13.9. The number of aromatic nitrogens is 1. The maximum atomic E-state index is 11.2. The summed E-state index contributed by atoms with van der Waals surface area (Å²) >= 11 is 0. The summed E-state index contributed by atoms with van der Waals surface area (Å²) in [5.74, 6) is 0.627. The normalized spacial score (nSPS) is 25.4. The summed E-state index contributed by atoms with van der Waals surface area (Å²) in [4.78, 5) is 4.55. The molecule has 4 atom stereocenters. The molecule has 0 aliphatic heterocycles. The maximum absolute atomic E-state index is 11.2. The van der Waals surface area contributed by atoms with Gasteiger partial charge < -0.3 is 15.2 Å². The molecule has 2 fully saturated rings. The molecule has 2 N–H and O–H groups in total. The first kappa shape index (κ1) is 31.9. The van der Waals surface area contributed by atoms with Gasteiger partial charge in [0.1, 0.15) is 0 Å². The van der Waals surface area contributed by atoms with E-state index in [0.717, 1.165) is 49.8 Å². The first-order chi connectivity index (χ1) is 18.4. The molecule has 2 saturated carbocycles. The van der Waals surface area contributed by atoms with Gasteiger partial charge in [0.25, 0.3) is 0 Å². The zero-order chi connectivity index (χ0) is 27.3. The topological polar surface area (TPSA) is 53.4 Å². The summed E-state index contributed by atoms with van der Waals surface area (Å²) in [5.41, 5.74) is 3.33. The molecule has 4 heteroatoms. The molecule has 1 aromatic heterocycles. The van der Waals surface area contributed by atoms with Gasteiger partial charge in [-0.2, -0.15) is 0 Å². The van der Waals surface area contributed by atoms with E-state index < -0.39 is 0 Å². The number of nitrogens with zero attached hydrogens (tertiary/aromatic N) is 1. The van der Waals surface area contributed by atoms with Crippen LogP contribution in [0.4, 0.5) is 0 Å². The van der Waals surface area contributed by atoms with E-state index in [1.165, 1.54) is 35.6 Å². The number of benzene rings is 2. The van der Waals surface area contributed by atoms with Crippen LogP contribution >= 0.6 is 0 Å². The van der Waals surface area contributed by atoms with Gasteiger partial charge in [0.2, 0.25) is 0 Å². The Morgan fingerprint density at radius 1 is 0.821 bits per heavy atom. The van der Waals surface area contributed by atoms with Gasteiger partial charge in [0.05, 0.1) is 12.2 Å². The summed E-state index contributed by atoms with van der Waals surface area (Å²) in [6.07, 6.45) is 11.3. The summed E-state index contributed by atoms with van der Waals surface area (Å²) in [7, 11) is 0. The summed E-state index contributed by atoms with van der Waals surface area (Å²) < 4.78 is 0. The second-order valence-electron chi connectivity index (χ2n) is 11.9. The fourth-order valence-corrected chi connectivity index (χ4v) is 7.65. The average molecular weight is 707 g/mol. The molecule has 39 heavy (non-hydrogen) atoms. The van der Waals surface area contributed by atoms with Gasteiger partial charge >= 0.3 is 0 Å². The minimum atomic E-state index is -0.326. The predicted octanol–water partition coefficient (Wildman–Crippen LogP) is 8.54. The number of pyridine rings is 1. The fourth-order valence-electron chi connectivity index (χ4n) is 7.65. The first-order valence-corrected chi connectivity index (χ1v) is 15.0. The van der Waals surface area contributed by atoms with Crippen molar-refractivity contribution in [1.29, 1.82) is 0 Å². The molecule has 4 unspecified atom stereocenters. The molecule has 215 valence electrons. The summed E-state index contributed by atoms with van der Waals surface area (Å²) in [6, 6.07) is 19.6. The van der Waals surface area contributed by atoms with E-state index in [2.05, 4.69) is 69.9 Å². The Labute approximate surface area is 250 Å². The van der Waals surface area contributed by atoms with Crippen LogP contribution in [0.3, 0.4) is 0 Å². The standard InChI is InChI=1S/C19H36O2.C16H12N.Ir/c1-5-18(6-2)12-9-10-14-11-13-19(7-3,8-4)17(21)15(14)16(18)20;1-12-11-17-16(13-7-3-2-4-8-13)15-10-6-5-9-14(12)15;/h14-17,20-21H,5-13H2,1-4H3;2-7,9-11H,1H3;/q;-1;. The van der Waals surface area contributed by atoms with Gasteiger partial charge in [-0.1, -0.05) is 58.4 Å². The average Bonchev–Trinajstić information content (AvgIpc) is 3.11. The molecule has 3 nitrogen and oxygen atoms in total. The maximum Gasteiger partial charge on any atom is 0.0651 e. The first-order valence-electron chi connectivity index (χ1n) is 15.0. The van der Waals surface area contributed by atoms with Gasteiger partial charge in [0.15, 0.2) is 0 Å². The number of aliphatic hydroxyl groups is 2. The third-order valence-corrected chi connectivity index (χ3v) is 10.6. The van der Waals surface area contributed by atoms with Gasteiger partial charge in [-0.15, -0.1) is 35.9 Å². The van der Waals surface area contributed by atoms with Crippen molar-refractivity contribution in [1.82, 2.24) is 4.98 Å². The second-order valence-corrected chi connectivity index (χ2v) is 11.9. The zero-order valence-electron chi connectivity index (χ0n) is 24.5. The molecule has 0 amide bonds. The van der Waals surface area contributed by atoms with Crippen molar-refractivity contribution in [3.05, 3.63) is 66.4 Å². The summed E-state index contributed by atoms with van der Waals surface area (Å²) in [6.45, 7) is 10.9. The van der Waals surface area contributed by atoms with E-state index in [0.29, 0.717) is 5.92 Å². The third kappa shape index (κ3) is 6.20. The van der Waals surface area contributed by atoms with E-state index in [-0.39, 0.29) is 49.1 Å². The summed E-state index contributed by atoms with van der Waals surface area (Å²) in [5, 5.41) is 24.9. The largest absolute Gasteiger partial charge is 0.392 e. The molecule has 2 aromatic carbocycles. The number of hydrogen-bond donors (Lipinski definition) is 2. The van der Waals surface area contributed by atoms with Gasteiger partial charge in [0, 0.05) is 32.2 Å². The molecule has 3 aromatic rings. The van der Waals surface area contributed by atoms with Crippen molar-refractivity contribution in [3.63, 3.8) is 0 Å². The van der Waals surface area contributed by atoms with Crippen molar-refractivity contribution < 1.29 is 30.3 Å².